The molecule has 1 fully saturated rings. The van der Waals surface area contributed by atoms with E-state index >= 15 is 0 Å². The third-order valence-electron chi connectivity index (χ3n) is 2.90. The largest absolute Gasteiger partial charge is 0.506 e. The lowest BCUT2D eigenvalue weighted by Crippen LogP contribution is -2.18. The van der Waals surface area contributed by atoms with Gasteiger partial charge in [-0.2, -0.15) is 0 Å². The van der Waals surface area contributed by atoms with E-state index in [0.29, 0.717) is 17.1 Å². The monoisotopic (exact) mass is 227 g/mol. The second-order valence-corrected chi connectivity index (χ2v) is 4.35. The summed E-state index contributed by atoms with van der Waals surface area (Å²) in [6.07, 6.45) is 1.72. The van der Waals surface area contributed by atoms with Crippen molar-refractivity contribution in [1.82, 2.24) is 0 Å². The zero-order valence-corrected chi connectivity index (χ0v) is 8.67. The fourth-order valence-corrected chi connectivity index (χ4v) is 2.03. The number of hydrogen-bond acceptors (Lipinski definition) is 4. The van der Waals surface area contributed by atoms with Crippen molar-refractivity contribution in [2.24, 2.45) is 5.73 Å². The molecule has 15 heavy (non-hydrogen) atoms. The van der Waals surface area contributed by atoms with E-state index in [2.05, 4.69) is 0 Å². The molecule has 1 aliphatic carbocycles. The van der Waals surface area contributed by atoms with E-state index in [0.717, 1.165) is 12.8 Å². The molecule has 5 heteroatoms. The van der Waals surface area contributed by atoms with Crippen LogP contribution < -0.4 is 15.2 Å². The molecular weight excluding hydrogens is 218 g/mol. The molecular formula is C10H10ClNO3. The predicted molar refractivity (Wildman–Crippen MR) is 54.3 cm³/mol. The number of aromatic hydroxyl groups is 1. The molecule has 1 aromatic carbocycles. The Balaban J connectivity index is 2.20. The molecule has 0 saturated heterocycles. The van der Waals surface area contributed by atoms with Crippen molar-refractivity contribution < 1.29 is 14.6 Å². The highest BCUT2D eigenvalue weighted by molar-refractivity contribution is 6.34. The molecule has 1 aliphatic heterocycles. The van der Waals surface area contributed by atoms with Crippen LogP contribution in [0.4, 0.5) is 0 Å². The molecule has 0 spiro atoms. The molecule has 1 aromatic rings. The average Bonchev–Trinajstić information content (AvgIpc) is 2.80. The van der Waals surface area contributed by atoms with Crippen LogP contribution in [0, 0.1) is 0 Å². The van der Waals surface area contributed by atoms with Crippen LogP contribution in [0.15, 0.2) is 6.07 Å². The fourth-order valence-electron chi connectivity index (χ4n) is 1.78. The second kappa shape index (κ2) is 2.71. The van der Waals surface area contributed by atoms with Gasteiger partial charge in [0.15, 0.2) is 11.5 Å². The topological polar surface area (TPSA) is 64.7 Å². The molecule has 3 N–H and O–H groups in total. The van der Waals surface area contributed by atoms with Gasteiger partial charge in [0.2, 0.25) is 6.79 Å². The molecule has 0 bridgehead atoms. The van der Waals surface area contributed by atoms with Gasteiger partial charge < -0.3 is 20.3 Å². The second-order valence-electron chi connectivity index (χ2n) is 3.98. The van der Waals surface area contributed by atoms with Gasteiger partial charge in [0.25, 0.3) is 0 Å². The van der Waals surface area contributed by atoms with Gasteiger partial charge in [-0.05, 0) is 18.9 Å². The van der Waals surface area contributed by atoms with Crippen LogP contribution in [-0.4, -0.2) is 11.9 Å². The smallest absolute Gasteiger partial charge is 0.231 e. The van der Waals surface area contributed by atoms with E-state index < -0.39 is 5.54 Å². The van der Waals surface area contributed by atoms with Crippen LogP contribution in [0.25, 0.3) is 0 Å². The summed E-state index contributed by atoms with van der Waals surface area (Å²) in [7, 11) is 0. The van der Waals surface area contributed by atoms with Gasteiger partial charge >= 0.3 is 0 Å². The number of ether oxygens (including phenoxy) is 2. The van der Waals surface area contributed by atoms with Crippen LogP contribution in [0.1, 0.15) is 18.4 Å². The first kappa shape index (κ1) is 9.12. The minimum absolute atomic E-state index is 0.0147. The van der Waals surface area contributed by atoms with Crippen molar-refractivity contribution in [3.63, 3.8) is 0 Å². The van der Waals surface area contributed by atoms with E-state index in [1.54, 1.807) is 6.07 Å². The highest BCUT2D eigenvalue weighted by atomic mass is 35.5. The van der Waals surface area contributed by atoms with Crippen LogP contribution >= 0.6 is 11.6 Å². The Bertz CT molecular complexity index is 443. The number of phenols is 1. The van der Waals surface area contributed by atoms with Crippen molar-refractivity contribution >= 4 is 11.6 Å². The van der Waals surface area contributed by atoms with Crippen LogP contribution in [0.2, 0.25) is 5.02 Å². The fraction of sp³-hybridized carbons (Fsp3) is 0.400. The lowest BCUT2D eigenvalue weighted by molar-refractivity contribution is 0.174. The molecule has 0 radical (unpaired) electrons. The lowest BCUT2D eigenvalue weighted by Gasteiger charge is -2.13. The zero-order chi connectivity index (χ0) is 10.6. The van der Waals surface area contributed by atoms with Gasteiger partial charge in [-0.15, -0.1) is 0 Å². The minimum atomic E-state index is -0.436. The van der Waals surface area contributed by atoms with Crippen molar-refractivity contribution in [2.75, 3.05) is 6.79 Å². The van der Waals surface area contributed by atoms with Crippen molar-refractivity contribution in [3.05, 3.63) is 16.7 Å². The molecule has 1 saturated carbocycles. The number of nitrogens with two attached hydrogens (primary N) is 1. The predicted octanol–water partition coefficient (Wildman–Crippen LogP) is 1.72. The van der Waals surface area contributed by atoms with E-state index in [-0.39, 0.29) is 17.6 Å². The van der Waals surface area contributed by atoms with E-state index in [9.17, 15) is 5.11 Å². The zero-order valence-electron chi connectivity index (χ0n) is 7.92. The van der Waals surface area contributed by atoms with Crippen molar-refractivity contribution in [3.8, 4) is 17.2 Å². The molecule has 0 unspecified atom stereocenters. The average molecular weight is 228 g/mol. The van der Waals surface area contributed by atoms with Crippen LogP contribution in [0.3, 0.4) is 0 Å². The Morgan fingerprint density at radius 2 is 2.13 bits per heavy atom. The Labute approximate surface area is 91.5 Å². The Kier molecular flexibility index (Phi) is 1.65. The van der Waals surface area contributed by atoms with Gasteiger partial charge in [0.1, 0.15) is 10.8 Å². The standard InChI is InChI=1S/C10H10ClNO3/c11-7-8(13)5(10(12)1-2-10)3-6-9(7)15-4-14-6/h3,13H,1-2,4,12H2. The SMILES string of the molecule is NC1(c2cc3c(c(Cl)c2O)OCO3)CC1. The molecule has 1 heterocycles. The first-order chi connectivity index (χ1) is 7.12. The van der Waals surface area contributed by atoms with Gasteiger partial charge in [0.05, 0.1) is 0 Å². The van der Waals surface area contributed by atoms with Gasteiger partial charge in [-0.25, -0.2) is 0 Å². The Hall–Kier alpha value is -1.13. The number of halogens is 1. The molecule has 0 aromatic heterocycles. The van der Waals surface area contributed by atoms with E-state index in [1.165, 1.54) is 0 Å². The number of phenolic OH excluding ortho intramolecular Hbond substituents is 1. The first-order valence-electron chi connectivity index (χ1n) is 4.72. The van der Waals surface area contributed by atoms with Crippen LogP contribution in [0.5, 0.6) is 17.2 Å². The summed E-state index contributed by atoms with van der Waals surface area (Å²) in [6, 6.07) is 1.72. The maximum Gasteiger partial charge on any atom is 0.231 e. The van der Waals surface area contributed by atoms with E-state index in [4.69, 9.17) is 26.8 Å². The highest BCUT2D eigenvalue weighted by Crippen LogP contribution is 2.53. The summed E-state index contributed by atoms with van der Waals surface area (Å²) in [5, 5.41) is 10.1. The number of fused-ring (bicyclic) bond motifs is 1. The summed E-state index contributed by atoms with van der Waals surface area (Å²) in [6.45, 7) is 0.134. The molecule has 2 aliphatic rings. The summed E-state index contributed by atoms with van der Waals surface area (Å²) in [5.41, 5.74) is 6.23. The summed E-state index contributed by atoms with van der Waals surface area (Å²) in [5.74, 6) is 0.979. The molecule has 4 nitrogen and oxygen atoms in total. The van der Waals surface area contributed by atoms with Crippen molar-refractivity contribution in [1.29, 1.82) is 0 Å². The van der Waals surface area contributed by atoms with E-state index in [1.807, 2.05) is 0 Å². The molecule has 0 atom stereocenters. The maximum absolute atomic E-state index is 9.89. The Morgan fingerprint density at radius 3 is 2.80 bits per heavy atom. The molecule has 80 valence electrons. The highest BCUT2D eigenvalue weighted by Gasteiger charge is 2.44. The molecule has 0 amide bonds. The quantitative estimate of drug-likeness (QED) is 0.767. The molecule has 3 rings (SSSR count). The normalized spacial score (nSPS) is 20.4. The van der Waals surface area contributed by atoms with Crippen molar-refractivity contribution in [2.45, 2.75) is 18.4 Å². The van der Waals surface area contributed by atoms with Crippen LogP contribution in [-0.2, 0) is 5.54 Å². The Morgan fingerprint density at radius 1 is 1.40 bits per heavy atom. The maximum atomic E-state index is 9.89. The third kappa shape index (κ3) is 1.18. The van der Waals surface area contributed by atoms with Gasteiger partial charge in [-0.1, -0.05) is 11.6 Å². The third-order valence-corrected chi connectivity index (χ3v) is 3.26. The number of benzene rings is 1. The summed E-state index contributed by atoms with van der Waals surface area (Å²) in [4.78, 5) is 0. The van der Waals surface area contributed by atoms with Gasteiger partial charge in [0, 0.05) is 11.1 Å². The minimum Gasteiger partial charge on any atom is -0.506 e. The lowest BCUT2D eigenvalue weighted by atomic mass is 10.0. The number of rotatable bonds is 1. The van der Waals surface area contributed by atoms with Gasteiger partial charge in [-0.3, -0.25) is 0 Å². The first-order valence-corrected chi connectivity index (χ1v) is 5.10. The number of hydrogen-bond donors (Lipinski definition) is 2. The summed E-state index contributed by atoms with van der Waals surface area (Å²) < 4.78 is 10.4. The summed E-state index contributed by atoms with van der Waals surface area (Å²) >= 11 is 5.97.